The fourth-order valence-electron chi connectivity index (χ4n) is 4.01. The van der Waals surface area contributed by atoms with E-state index in [0.29, 0.717) is 6.54 Å². The Kier molecular flexibility index (Phi) is 7.52. The Morgan fingerprint density at radius 1 is 1.16 bits per heavy atom. The zero-order valence-electron chi connectivity index (χ0n) is 18.7. The molecule has 1 N–H and O–H groups in total. The van der Waals surface area contributed by atoms with Crippen molar-refractivity contribution < 1.29 is 9.21 Å². The van der Waals surface area contributed by atoms with Gasteiger partial charge in [-0.25, -0.2) is 0 Å². The molecule has 4 rings (SSSR count). The van der Waals surface area contributed by atoms with Crippen molar-refractivity contribution in [1.82, 2.24) is 20.1 Å². The summed E-state index contributed by atoms with van der Waals surface area (Å²) in [6, 6.07) is 14.0. The lowest BCUT2D eigenvalue weighted by atomic mass is 10.0. The number of hydrogen-bond donors (Lipinski definition) is 1. The maximum Gasteiger partial charge on any atom is 0.233 e. The molecule has 2 atom stereocenters. The molecule has 170 valence electrons. The van der Waals surface area contributed by atoms with Gasteiger partial charge in [0.2, 0.25) is 11.9 Å². The third-order valence-electron chi connectivity index (χ3n) is 5.73. The van der Waals surface area contributed by atoms with Crippen LogP contribution in [0.1, 0.15) is 56.9 Å². The summed E-state index contributed by atoms with van der Waals surface area (Å²) in [5.74, 6) is 1.70. The first-order valence-electron chi connectivity index (χ1n) is 11.4. The van der Waals surface area contributed by atoms with Crippen LogP contribution in [-0.2, 0) is 11.3 Å². The summed E-state index contributed by atoms with van der Waals surface area (Å²) in [7, 11) is 0. The highest BCUT2D eigenvalue weighted by atomic mass is 32.2. The summed E-state index contributed by atoms with van der Waals surface area (Å²) in [5, 5.41) is 12.6. The minimum atomic E-state index is -0.302. The van der Waals surface area contributed by atoms with Crippen LogP contribution in [0.3, 0.4) is 0 Å². The van der Waals surface area contributed by atoms with E-state index in [-0.39, 0.29) is 17.2 Å². The van der Waals surface area contributed by atoms with Crippen molar-refractivity contribution in [1.29, 1.82) is 0 Å². The van der Waals surface area contributed by atoms with Crippen molar-refractivity contribution in [2.45, 2.75) is 62.5 Å². The van der Waals surface area contributed by atoms with Crippen LogP contribution < -0.4 is 10.2 Å². The van der Waals surface area contributed by atoms with Crippen LogP contribution in [0.25, 0.3) is 0 Å². The summed E-state index contributed by atoms with van der Waals surface area (Å²) in [5.41, 5.74) is 1.14. The summed E-state index contributed by atoms with van der Waals surface area (Å²) in [6.07, 6.45) is 5.90. The van der Waals surface area contributed by atoms with Crippen molar-refractivity contribution in [3.8, 4) is 0 Å². The van der Waals surface area contributed by atoms with Gasteiger partial charge >= 0.3 is 0 Å². The molecule has 8 heteroatoms. The zero-order chi connectivity index (χ0) is 22.3. The minimum absolute atomic E-state index is 0.00701. The zero-order valence-corrected chi connectivity index (χ0v) is 19.6. The van der Waals surface area contributed by atoms with E-state index in [9.17, 15) is 4.79 Å². The number of nitrogens with zero attached hydrogens (tertiary/aromatic N) is 4. The molecule has 1 aliphatic rings. The topological polar surface area (TPSA) is 76.2 Å². The predicted octanol–water partition coefficient (Wildman–Crippen LogP) is 4.66. The standard InChI is InChI=1S/C24H31N5O2S/c1-3-10-21(19-11-5-4-6-12-19)25-22(30)18(2)32-24-27-26-23(28-14-7-8-15-28)29(24)17-20-13-9-16-31-20/h4-6,9,11-13,16,18,21H,3,7-8,10,14-15,17H2,1-2H3,(H,25,30). The molecule has 1 aromatic carbocycles. The molecule has 0 saturated carbocycles. The highest BCUT2D eigenvalue weighted by Gasteiger charge is 2.26. The van der Waals surface area contributed by atoms with E-state index < -0.39 is 0 Å². The molecule has 3 heterocycles. The molecule has 3 aromatic rings. The first-order chi connectivity index (χ1) is 15.7. The van der Waals surface area contributed by atoms with Crippen molar-refractivity contribution in [2.24, 2.45) is 0 Å². The number of rotatable bonds is 10. The fraction of sp³-hybridized carbons (Fsp3) is 0.458. The van der Waals surface area contributed by atoms with Crippen LogP contribution >= 0.6 is 11.8 Å². The Labute approximate surface area is 193 Å². The molecular formula is C24H31N5O2S. The molecule has 2 unspecified atom stereocenters. The summed E-state index contributed by atoms with van der Waals surface area (Å²) in [6.45, 7) is 6.57. The number of hydrogen-bond acceptors (Lipinski definition) is 6. The first kappa shape index (κ1) is 22.5. The summed E-state index contributed by atoms with van der Waals surface area (Å²) < 4.78 is 7.65. The SMILES string of the molecule is CCCC(NC(=O)C(C)Sc1nnc(N2CCCC2)n1Cc1ccco1)c1ccccc1. The molecule has 1 amide bonds. The molecule has 2 aromatic heterocycles. The largest absolute Gasteiger partial charge is 0.467 e. The van der Waals surface area contributed by atoms with E-state index in [1.807, 2.05) is 37.3 Å². The number of anilines is 1. The number of aromatic nitrogens is 3. The van der Waals surface area contributed by atoms with Crippen molar-refractivity contribution >= 4 is 23.6 Å². The molecule has 0 bridgehead atoms. The molecule has 0 aliphatic carbocycles. The van der Waals surface area contributed by atoms with E-state index in [1.165, 1.54) is 11.8 Å². The van der Waals surface area contributed by atoms with E-state index >= 15 is 0 Å². The van der Waals surface area contributed by atoms with Crippen LogP contribution in [0, 0.1) is 0 Å². The summed E-state index contributed by atoms with van der Waals surface area (Å²) >= 11 is 1.44. The van der Waals surface area contributed by atoms with Crippen molar-refractivity contribution in [3.63, 3.8) is 0 Å². The molecule has 1 saturated heterocycles. The van der Waals surface area contributed by atoms with Crippen molar-refractivity contribution in [2.75, 3.05) is 18.0 Å². The van der Waals surface area contributed by atoms with Gasteiger partial charge < -0.3 is 14.6 Å². The van der Waals surface area contributed by atoms with E-state index in [4.69, 9.17) is 4.42 Å². The minimum Gasteiger partial charge on any atom is -0.467 e. The predicted molar refractivity (Wildman–Crippen MR) is 127 cm³/mol. The number of furan rings is 1. The lowest BCUT2D eigenvalue weighted by Gasteiger charge is -2.21. The number of nitrogens with one attached hydrogen (secondary N) is 1. The summed E-state index contributed by atoms with van der Waals surface area (Å²) in [4.78, 5) is 15.3. The molecule has 1 fully saturated rings. The lowest BCUT2D eigenvalue weighted by molar-refractivity contribution is -0.121. The molecule has 1 aliphatic heterocycles. The second-order valence-electron chi connectivity index (χ2n) is 8.16. The Morgan fingerprint density at radius 3 is 2.62 bits per heavy atom. The maximum atomic E-state index is 13.1. The second kappa shape index (κ2) is 10.7. The third kappa shape index (κ3) is 5.35. The highest BCUT2D eigenvalue weighted by molar-refractivity contribution is 8.00. The number of benzene rings is 1. The van der Waals surface area contributed by atoms with Gasteiger partial charge in [0.25, 0.3) is 0 Å². The van der Waals surface area contributed by atoms with Gasteiger partial charge in [0.15, 0.2) is 5.16 Å². The van der Waals surface area contributed by atoms with Crippen LogP contribution in [0.5, 0.6) is 0 Å². The second-order valence-corrected chi connectivity index (χ2v) is 9.47. The smallest absolute Gasteiger partial charge is 0.233 e. The van der Waals surface area contributed by atoms with Crippen LogP contribution in [0.4, 0.5) is 5.95 Å². The number of amides is 1. The third-order valence-corrected chi connectivity index (χ3v) is 6.81. The molecule has 0 spiro atoms. The van der Waals surface area contributed by atoms with E-state index in [0.717, 1.165) is 61.2 Å². The average Bonchev–Trinajstić information content (AvgIpc) is 3.57. The van der Waals surface area contributed by atoms with Gasteiger partial charge in [-0.15, -0.1) is 10.2 Å². The van der Waals surface area contributed by atoms with Gasteiger partial charge in [-0.3, -0.25) is 9.36 Å². The van der Waals surface area contributed by atoms with Gasteiger partial charge in [0, 0.05) is 13.1 Å². The maximum absolute atomic E-state index is 13.1. The van der Waals surface area contributed by atoms with Gasteiger partial charge in [0.05, 0.1) is 24.1 Å². The Morgan fingerprint density at radius 2 is 1.94 bits per heavy atom. The van der Waals surface area contributed by atoms with Gasteiger partial charge in [-0.05, 0) is 43.9 Å². The van der Waals surface area contributed by atoms with Crippen LogP contribution in [0.15, 0.2) is 58.3 Å². The first-order valence-corrected chi connectivity index (χ1v) is 12.3. The quantitative estimate of drug-likeness (QED) is 0.450. The average molecular weight is 454 g/mol. The van der Waals surface area contributed by atoms with Crippen molar-refractivity contribution in [3.05, 3.63) is 60.1 Å². The monoisotopic (exact) mass is 453 g/mol. The van der Waals surface area contributed by atoms with E-state index in [1.54, 1.807) is 6.26 Å². The Balaban J connectivity index is 1.49. The molecule has 32 heavy (non-hydrogen) atoms. The Bertz CT molecular complexity index is 983. The van der Waals surface area contributed by atoms with Crippen LogP contribution in [-0.4, -0.2) is 39.0 Å². The van der Waals surface area contributed by atoms with E-state index in [2.05, 4.69) is 44.0 Å². The lowest BCUT2D eigenvalue weighted by Crippen LogP contribution is -2.34. The number of carbonyl (C=O) groups excluding carboxylic acids is 1. The molecular weight excluding hydrogens is 422 g/mol. The Hall–Kier alpha value is -2.74. The highest BCUT2D eigenvalue weighted by Crippen LogP contribution is 2.29. The fourth-order valence-corrected chi connectivity index (χ4v) is 4.87. The van der Waals surface area contributed by atoms with Gasteiger partial charge in [-0.1, -0.05) is 55.4 Å². The molecule has 0 radical (unpaired) electrons. The normalized spacial score (nSPS) is 15.6. The van der Waals surface area contributed by atoms with Crippen LogP contribution in [0.2, 0.25) is 0 Å². The van der Waals surface area contributed by atoms with Gasteiger partial charge in [-0.2, -0.15) is 0 Å². The van der Waals surface area contributed by atoms with Gasteiger partial charge in [0.1, 0.15) is 5.76 Å². The molecule has 7 nitrogen and oxygen atoms in total. The number of thioether (sulfide) groups is 1. The number of carbonyl (C=O) groups is 1.